The van der Waals surface area contributed by atoms with Crippen LogP contribution in [0.5, 0.6) is 0 Å². The van der Waals surface area contributed by atoms with E-state index in [-0.39, 0.29) is 0 Å². The van der Waals surface area contributed by atoms with Gasteiger partial charge >= 0.3 is 0 Å². The lowest BCUT2D eigenvalue weighted by Crippen LogP contribution is -2.45. The summed E-state index contributed by atoms with van der Waals surface area (Å²) in [5, 5.41) is 8.11. The highest BCUT2D eigenvalue weighted by Gasteiger charge is 2.29. The minimum absolute atomic E-state index is 0.383. The van der Waals surface area contributed by atoms with E-state index in [4.69, 9.17) is 4.74 Å². The fourth-order valence-corrected chi connectivity index (χ4v) is 4.25. The second-order valence-electron chi connectivity index (χ2n) is 5.93. The van der Waals surface area contributed by atoms with Gasteiger partial charge in [0.05, 0.1) is 6.10 Å². The van der Waals surface area contributed by atoms with Crippen LogP contribution in [0.2, 0.25) is 0 Å². The van der Waals surface area contributed by atoms with Crippen molar-refractivity contribution in [2.75, 3.05) is 13.7 Å². The van der Waals surface area contributed by atoms with Gasteiger partial charge in [-0.3, -0.25) is 0 Å². The van der Waals surface area contributed by atoms with Gasteiger partial charge in [0.1, 0.15) is 0 Å². The summed E-state index contributed by atoms with van der Waals surface area (Å²) in [4.78, 5) is 0. The van der Waals surface area contributed by atoms with Gasteiger partial charge in [0.15, 0.2) is 0 Å². The van der Waals surface area contributed by atoms with Crippen LogP contribution in [0.3, 0.4) is 0 Å². The van der Waals surface area contributed by atoms with Crippen LogP contribution in [0.15, 0.2) is 16.8 Å². The number of rotatable bonds is 8. The molecule has 1 heterocycles. The Bertz CT molecular complexity index is 346. The fourth-order valence-electron chi connectivity index (χ4n) is 3.55. The maximum atomic E-state index is 5.91. The number of thiophene rings is 1. The summed E-state index contributed by atoms with van der Waals surface area (Å²) in [5.74, 6) is 0.750. The topological polar surface area (TPSA) is 21.3 Å². The van der Waals surface area contributed by atoms with E-state index in [2.05, 4.69) is 29.1 Å². The molecule has 1 N–H and O–H groups in total. The molecule has 0 bridgehead atoms. The van der Waals surface area contributed by atoms with Crippen molar-refractivity contribution in [3.8, 4) is 0 Å². The molecule has 1 fully saturated rings. The van der Waals surface area contributed by atoms with Gasteiger partial charge in [0.25, 0.3) is 0 Å². The average Bonchev–Trinajstić information content (AvgIpc) is 3.00. The average molecular weight is 295 g/mol. The number of ether oxygens (including phenoxy) is 1. The number of hydrogen-bond acceptors (Lipinski definition) is 3. The molecule has 114 valence electrons. The molecule has 0 amide bonds. The molecule has 0 aliphatic heterocycles. The summed E-state index contributed by atoms with van der Waals surface area (Å²) in [6, 6.07) is 2.74. The van der Waals surface area contributed by atoms with Crippen LogP contribution in [0.1, 0.15) is 51.0 Å². The van der Waals surface area contributed by atoms with E-state index in [1.54, 1.807) is 11.3 Å². The minimum Gasteiger partial charge on any atom is -0.380 e. The first-order valence-corrected chi connectivity index (χ1v) is 9.06. The molecule has 2 rings (SSSR count). The summed E-state index contributed by atoms with van der Waals surface area (Å²) in [6.07, 6.45) is 9.59. The lowest BCUT2D eigenvalue weighted by atomic mass is 9.81. The molecule has 1 aliphatic rings. The first kappa shape index (κ1) is 16.0. The SMILES string of the molecule is CCNC(CCc1ccsc1)C(OC)C1CCCCC1. The quantitative estimate of drug-likeness (QED) is 0.774. The Balaban J connectivity index is 1.92. The fraction of sp³-hybridized carbons (Fsp3) is 0.765. The van der Waals surface area contributed by atoms with Crippen LogP contribution >= 0.6 is 11.3 Å². The number of likely N-dealkylation sites (N-methyl/N-ethyl adjacent to an activating group) is 1. The molecule has 2 atom stereocenters. The Kier molecular flexibility index (Phi) is 7.05. The van der Waals surface area contributed by atoms with Gasteiger partial charge in [-0.1, -0.05) is 26.2 Å². The van der Waals surface area contributed by atoms with E-state index in [1.807, 2.05) is 7.11 Å². The predicted molar refractivity (Wildman–Crippen MR) is 87.5 cm³/mol. The van der Waals surface area contributed by atoms with Crippen LogP contribution in [0, 0.1) is 5.92 Å². The van der Waals surface area contributed by atoms with Crippen molar-refractivity contribution in [2.24, 2.45) is 5.92 Å². The molecule has 0 radical (unpaired) electrons. The second kappa shape index (κ2) is 8.81. The molecule has 1 saturated carbocycles. The zero-order chi connectivity index (χ0) is 14.2. The third kappa shape index (κ3) is 4.57. The number of methoxy groups -OCH3 is 1. The molecule has 2 nitrogen and oxygen atoms in total. The van der Waals surface area contributed by atoms with Crippen LogP contribution in [0.4, 0.5) is 0 Å². The highest BCUT2D eigenvalue weighted by Crippen LogP contribution is 2.30. The Labute approximate surface area is 127 Å². The van der Waals surface area contributed by atoms with Crippen molar-refractivity contribution >= 4 is 11.3 Å². The first-order chi connectivity index (χ1) is 9.85. The standard InChI is InChI=1S/C17H29NOS/c1-3-18-16(10-9-14-11-12-20-13-14)17(19-2)15-7-5-4-6-8-15/h11-13,15-18H,3-10H2,1-2H3. The molecular weight excluding hydrogens is 266 g/mol. The first-order valence-electron chi connectivity index (χ1n) is 8.12. The zero-order valence-electron chi connectivity index (χ0n) is 12.9. The predicted octanol–water partition coefficient (Wildman–Crippen LogP) is 4.25. The van der Waals surface area contributed by atoms with Gasteiger partial charge in [-0.05, 0) is 60.5 Å². The number of nitrogens with one attached hydrogen (secondary N) is 1. The van der Waals surface area contributed by atoms with Gasteiger partial charge < -0.3 is 10.1 Å². The highest BCUT2D eigenvalue weighted by atomic mass is 32.1. The van der Waals surface area contributed by atoms with E-state index in [9.17, 15) is 0 Å². The molecule has 20 heavy (non-hydrogen) atoms. The summed E-state index contributed by atoms with van der Waals surface area (Å²) in [5.41, 5.74) is 1.47. The maximum absolute atomic E-state index is 5.91. The molecule has 2 unspecified atom stereocenters. The maximum Gasteiger partial charge on any atom is 0.0752 e. The van der Waals surface area contributed by atoms with Gasteiger partial charge in [-0.25, -0.2) is 0 Å². The molecule has 0 spiro atoms. The molecule has 1 aromatic heterocycles. The van der Waals surface area contributed by atoms with Crippen LogP contribution in [-0.4, -0.2) is 25.8 Å². The van der Waals surface area contributed by atoms with Gasteiger partial charge in [0, 0.05) is 13.2 Å². The second-order valence-corrected chi connectivity index (χ2v) is 6.71. The smallest absolute Gasteiger partial charge is 0.0752 e. The normalized spacial score (nSPS) is 19.9. The monoisotopic (exact) mass is 295 g/mol. The largest absolute Gasteiger partial charge is 0.380 e. The van der Waals surface area contributed by atoms with Crippen molar-refractivity contribution in [1.29, 1.82) is 0 Å². The molecular formula is C17H29NOS. The minimum atomic E-state index is 0.383. The summed E-state index contributed by atoms with van der Waals surface area (Å²) in [7, 11) is 1.90. The highest BCUT2D eigenvalue weighted by molar-refractivity contribution is 7.07. The third-order valence-electron chi connectivity index (χ3n) is 4.57. The zero-order valence-corrected chi connectivity index (χ0v) is 13.8. The summed E-state index contributed by atoms with van der Waals surface area (Å²) >= 11 is 1.80. The molecule has 0 aromatic carbocycles. The van der Waals surface area contributed by atoms with Crippen molar-refractivity contribution in [2.45, 2.75) is 64.0 Å². The van der Waals surface area contributed by atoms with Crippen LogP contribution in [0.25, 0.3) is 0 Å². The lowest BCUT2D eigenvalue weighted by molar-refractivity contribution is 0.00659. The van der Waals surface area contributed by atoms with E-state index < -0.39 is 0 Å². The third-order valence-corrected chi connectivity index (χ3v) is 5.31. The van der Waals surface area contributed by atoms with Gasteiger partial charge in [0.2, 0.25) is 0 Å². The Hall–Kier alpha value is -0.380. The van der Waals surface area contributed by atoms with E-state index in [0.717, 1.165) is 18.9 Å². The molecule has 3 heteroatoms. The van der Waals surface area contributed by atoms with Crippen molar-refractivity contribution in [3.63, 3.8) is 0 Å². The number of aryl methyl sites for hydroxylation is 1. The van der Waals surface area contributed by atoms with Crippen molar-refractivity contribution < 1.29 is 4.74 Å². The molecule has 1 aliphatic carbocycles. The number of hydrogen-bond donors (Lipinski definition) is 1. The lowest BCUT2D eigenvalue weighted by Gasteiger charge is -2.35. The van der Waals surface area contributed by atoms with Gasteiger partial charge in [-0.15, -0.1) is 0 Å². The van der Waals surface area contributed by atoms with Crippen LogP contribution in [-0.2, 0) is 11.2 Å². The van der Waals surface area contributed by atoms with Gasteiger partial charge in [-0.2, -0.15) is 11.3 Å². The Morgan fingerprint density at radius 2 is 2.15 bits per heavy atom. The van der Waals surface area contributed by atoms with E-state index in [1.165, 1.54) is 44.1 Å². The van der Waals surface area contributed by atoms with Crippen molar-refractivity contribution in [1.82, 2.24) is 5.32 Å². The summed E-state index contributed by atoms with van der Waals surface area (Å²) < 4.78 is 5.91. The molecule has 1 aromatic rings. The van der Waals surface area contributed by atoms with Crippen LogP contribution < -0.4 is 5.32 Å². The summed E-state index contributed by atoms with van der Waals surface area (Å²) in [6.45, 7) is 3.23. The van der Waals surface area contributed by atoms with E-state index in [0.29, 0.717) is 12.1 Å². The Morgan fingerprint density at radius 1 is 1.35 bits per heavy atom. The Morgan fingerprint density at radius 3 is 2.75 bits per heavy atom. The van der Waals surface area contributed by atoms with E-state index >= 15 is 0 Å². The molecule has 0 saturated heterocycles. The van der Waals surface area contributed by atoms with Crippen molar-refractivity contribution in [3.05, 3.63) is 22.4 Å².